The molecule has 0 aromatic heterocycles. The lowest BCUT2D eigenvalue weighted by atomic mass is 10.0. The minimum absolute atomic E-state index is 0.0439. The van der Waals surface area contributed by atoms with Gasteiger partial charge in [-0.1, -0.05) is 12.8 Å². The lowest BCUT2D eigenvalue weighted by Gasteiger charge is -2.30. The topological polar surface area (TPSA) is 101 Å². The van der Waals surface area contributed by atoms with Crippen LogP contribution in [-0.2, 0) is 14.4 Å². The highest BCUT2D eigenvalue weighted by Gasteiger charge is 2.38. The van der Waals surface area contributed by atoms with Crippen molar-refractivity contribution in [1.29, 1.82) is 0 Å². The second-order valence-electron chi connectivity index (χ2n) is 5.92. The Morgan fingerprint density at radius 3 is 2.15 bits per heavy atom. The number of carbonyl (C=O) groups is 3. The summed E-state index contributed by atoms with van der Waals surface area (Å²) in [7, 11) is 0. The fraction of sp³-hybridized carbons (Fsp3) is 0.786. The second kappa shape index (κ2) is 6.24. The quantitative estimate of drug-likeness (QED) is 0.776. The summed E-state index contributed by atoms with van der Waals surface area (Å²) < 4.78 is 0. The summed E-state index contributed by atoms with van der Waals surface area (Å²) in [6.45, 7) is -0.0439. The summed E-state index contributed by atoms with van der Waals surface area (Å²) in [5, 5.41) is 9.01. The minimum atomic E-state index is -0.831. The van der Waals surface area contributed by atoms with E-state index in [2.05, 4.69) is 0 Å². The number of hydrogen-bond acceptors (Lipinski definition) is 3. The first kappa shape index (κ1) is 14.8. The largest absolute Gasteiger partial charge is 0.481 e. The lowest BCUT2D eigenvalue weighted by Crippen LogP contribution is -2.46. The van der Waals surface area contributed by atoms with Crippen molar-refractivity contribution in [3.05, 3.63) is 0 Å². The highest BCUT2D eigenvalue weighted by Crippen LogP contribution is 2.34. The van der Waals surface area contributed by atoms with Crippen LogP contribution in [0.5, 0.6) is 0 Å². The Morgan fingerprint density at radius 1 is 1.05 bits per heavy atom. The van der Waals surface area contributed by atoms with E-state index in [1.165, 1.54) is 0 Å². The molecule has 0 radical (unpaired) electrons. The van der Waals surface area contributed by atoms with E-state index in [-0.39, 0.29) is 24.4 Å². The van der Waals surface area contributed by atoms with Gasteiger partial charge in [0.15, 0.2) is 0 Å². The van der Waals surface area contributed by atoms with Crippen LogP contribution in [0.25, 0.3) is 0 Å². The van der Waals surface area contributed by atoms with Gasteiger partial charge in [-0.3, -0.25) is 14.4 Å². The number of aliphatic carboxylic acids is 1. The van der Waals surface area contributed by atoms with Crippen molar-refractivity contribution in [2.45, 2.75) is 51.0 Å². The normalized spacial score (nSPS) is 26.6. The first-order valence-corrected chi connectivity index (χ1v) is 7.30. The van der Waals surface area contributed by atoms with Gasteiger partial charge in [0.25, 0.3) is 0 Å². The van der Waals surface area contributed by atoms with Crippen LogP contribution in [0.1, 0.15) is 44.9 Å². The third-order valence-corrected chi connectivity index (χ3v) is 4.51. The Bertz CT molecular complexity index is 404. The highest BCUT2D eigenvalue weighted by molar-refractivity contribution is 5.86. The Balaban J connectivity index is 2.02. The Labute approximate surface area is 118 Å². The Hall–Kier alpha value is -1.59. The van der Waals surface area contributed by atoms with E-state index in [9.17, 15) is 14.4 Å². The molecule has 3 N–H and O–H groups in total. The zero-order valence-corrected chi connectivity index (χ0v) is 11.6. The van der Waals surface area contributed by atoms with Gasteiger partial charge >= 0.3 is 5.97 Å². The standard InChI is InChI=1S/C14H22N2O4/c15-12(17)8-16(11-3-1-2-4-11)13(18)9-5-6-10(7-9)14(19)20/h9-11H,1-8H2,(H2,15,17)(H,19,20)/t9-,10+/m1/s1. The van der Waals surface area contributed by atoms with Gasteiger partial charge in [-0.2, -0.15) is 0 Å². The maximum absolute atomic E-state index is 12.6. The van der Waals surface area contributed by atoms with Gasteiger partial charge in [-0.15, -0.1) is 0 Å². The van der Waals surface area contributed by atoms with Gasteiger partial charge in [0.2, 0.25) is 11.8 Å². The van der Waals surface area contributed by atoms with Gasteiger partial charge in [0, 0.05) is 12.0 Å². The molecule has 6 heteroatoms. The van der Waals surface area contributed by atoms with Crippen LogP contribution in [0.4, 0.5) is 0 Å². The van der Waals surface area contributed by atoms with Crippen LogP contribution in [0.2, 0.25) is 0 Å². The zero-order chi connectivity index (χ0) is 14.7. The molecule has 0 saturated heterocycles. The van der Waals surface area contributed by atoms with E-state index in [0.29, 0.717) is 19.3 Å². The SMILES string of the molecule is NC(=O)CN(C(=O)[C@@H]1CC[C@H](C(=O)O)C1)C1CCCC1. The number of nitrogens with zero attached hydrogens (tertiary/aromatic N) is 1. The van der Waals surface area contributed by atoms with Crippen LogP contribution >= 0.6 is 0 Å². The number of carboxylic acid groups (broad SMARTS) is 1. The van der Waals surface area contributed by atoms with E-state index >= 15 is 0 Å². The molecular formula is C14H22N2O4. The number of rotatable bonds is 5. The van der Waals surface area contributed by atoms with Crippen molar-refractivity contribution in [3.63, 3.8) is 0 Å². The van der Waals surface area contributed by atoms with Crippen molar-refractivity contribution >= 4 is 17.8 Å². The molecule has 0 aromatic carbocycles. The minimum Gasteiger partial charge on any atom is -0.481 e. The molecule has 0 spiro atoms. The monoisotopic (exact) mass is 282 g/mol. The zero-order valence-electron chi connectivity index (χ0n) is 11.6. The predicted molar refractivity (Wildman–Crippen MR) is 71.6 cm³/mol. The molecule has 20 heavy (non-hydrogen) atoms. The van der Waals surface area contributed by atoms with Gasteiger partial charge in [0.05, 0.1) is 12.5 Å². The smallest absolute Gasteiger partial charge is 0.306 e. The summed E-state index contributed by atoms with van der Waals surface area (Å²) in [5.74, 6) is -2.11. The summed E-state index contributed by atoms with van der Waals surface area (Å²) in [6, 6.07) is 0.0962. The third kappa shape index (κ3) is 3.29. The van der Waals surface area contributed by atoms with E-state index in [1.807, 2.05) is 0 Å². The molecular weight excluding hydrogens is 260 g/mol. The molecule has 0 aromatic rings. The first-order chi connectivity index (χ1) is 9.49. The Morgan fingerprint density at radius 2 is 1.65 bits per heavy atom. The number of hydrogen-bond donors (Lipinski definition) is 2. The van der Waals surface area contributed by atoms with Crippen LogP contribution in [0.15, 0.2) is 0 Å². The number of amides is 2. The molecule has 6 nitrogen and oxygen atoms in total. The van der Waals surface area contributed by atoms with Gasteiger partial charge in [-0.05, 0) is 32.1 Å². The van der Waals surface area contributed by atoms with Crippen molar-refractivity contribution < 1.29 is 19.5 Å². The molecule has 2 atom stereocenters. The molecule has 2 aliphatic rings. The van der Waals surface area contributed by atoms with E-state index in [0.717, 1.165) is 25.7 Å². The van der Waals surface area contributed by atoms with Gasteiger partial charge in [-0.25, -0.2) is 0 Å². The van der Waals surface area contributed by atoms with Crippen LogP contribution < -0.4 is 5.73 Å². The number of carbonyl (C=O) groups excluding carboxylic acids is 2. The van der Waals surface area contributed by atoms with Gasteiger partial charge in [0.1, 0.15) is 0 Å². The average molecular weight is 282 g/mol. The average Bonchev–Trinajstić information content (AvgIpc) is 3.05. The third-order valence-electron chi connectivity index (χ3n) is 4.51. The predicted octanol–water partition coefficient (Wildman–Crippen LogP) is 0.744. The molecule has 2 amide bonds. The lowest BCUT2D eigenvalue weighted by molar-refractivity contribution is -0.143. The number of carboxylic acids is 1. The summed E-state index contributed by atoms with van der Waals surface area (Å²) >= 11 is 0. The molecule has 0 aliphatic heterocycles. The molecule has 112 valence electrons. The van der Waals surface area contributed by atoms with Crippen molar-refractivity contribution in [2.75, 3.05) is 6.54 Å². The summed E-state index contributed by atoms with van der Waals surface area (Å²) in [5.41, 5.74) is 5.25. The maximum atomic E-state index is 12.6. The Kier molecular flexibility index (Phi) is 4.62. The summed E-state index contributed by atoms with van der Waals surface area (Å²) in [6.07, 6.45) is 5.47. The molecule has 2 fully saturated rings. The van der Waals surface area contributed by atoms with E-state index < -0.39 is 17.8 Å². The number of nitrogens with two attached hydrogens (primary N) is 1. The molecule has 0 bridgehead atoms. The second-order valence-corrected chi connectivity index (χ2v) is 5.92. The molecule has 2 saturated carbocycles. The molecule has 2 rings (SSSR count). The summed E-state index contributed by atoms with van der Waals surface area (Å²) in [4.78, 5) is 36.3. The maximum Gasteiger partial charge on any atom is 0.306 e. The fourth-order valence-corrected chi connectivity index (χ4v) is 3.44. The number of primary amides is 1. The highest BCUT2D eigenvalue weighted by atomic mass is 16.4. The van der Waals surface area contributed by atoms with Crippen LogP contribution in [-0.4, -0.2) is 40.4 Å². The molecule has 0 heterocycles. The molecule has 2 aliphatic carbocycles. The van der Waals surface area contributed by atoms with E-state index in [4.69, 9.17) is 10.8 Å². The van der Waals surface area contributed by atoms with Gasteiger partial charge < -0.3 is 15.7 Å². The van der Waals surface area contributed by atoms with Crippen molar-refractivity contribution in [1.82, 2.24) is 4.90 Å². The van der Waals surface area contributed by atoms with Crippen molar-refractivity contribution in [3.8, 4) is 0 Å². The van der Waals surface area contributed by atoms with Crippen LogP contribution in [0.3, 0.4) is 0 Å². The first-order valence-electron chi connectivity index (χ1n) is 7.30. The van der Waals surface area contributed by atoms with Crippen molar-refractivity contribution in [2.24, 2.45) is 17.6 Å². The van der Waals surface area contributed by atoms with Crippen LogP contribution in [0, 0.1) is 11.8 Å². The van der Waals surface area contributed by atoms with E-state index in [1.54, 1.807) is 4.90 Å². The fourth-order valence-electron chi connectivity index (χ4n) is 3.44. The molecule has 0 unspecified atom stereocenters.